The fraction of sp³-hybridized carbons (Fsp3) is 0.455. The maximum absolute atomic E-state index is 10.8. The van der Waals surface area contributed by atoms with E-state index in [1.807, 2.05) is 36.4 Å². The van der Waals surface area contributed by atoms with Crippen molar-refractivity contribution < 1.29 is 19.8 Å². The molecule has 0 aromatic heterocycles. The lowest BCUT2D eigenvalue weighted by Crippen LogP contribution is -2.64. The zero-order valence-corrected chi connectivity index (χ0v) is 29.9. The second kappa shape index (κ2) is 21.4. The minimum atomic E-state index is 0.0577. The smallest absolute Gasteiger partial charge is 0.143 e. The number of phenols is 2. The molecule has 0 bridgehead atoms. The first kappa shape index (κ1) is 38.2. The van der Waals surface area contributed by atoms with Crippen LogP contribution in [0.5, 0.6) is 11.5 Å². The SMILES string of the molecule is CCCCCCCCCCCC(NC(Cc1ccccc1)Cc1ccccc1O)[N+](CCO)(CCc1ccccc1O)Cc1ccccc1. The van der Waals surface area contributed by atoms with E-state index in [0.29, 0.717) is 35.4 Å². The number of aliphatic hydroxyl groups excluding tert-OH is 1. The minimum Gasteiger partial charge on any atom is -0.508 e. The van der Waals surface area contributed by atoms with Crippen LogP contribution in [-0.2, 0) is 25.8 Å². The quantitative estimate of drug-likeness (QED) is 0.0342. The molecule has 4 aromatic carbocycles. The number of unbranched alkanes of at least 4 members (excludes halogenated alkanes) is 8. The third kappa shape index (κ3) is 13.0. The Labute approximate surface area is 296 Å². The molecule has 0 radical (unpaired) electrons. The van der Waals surface area contributed by atoms with Crippen molar-refractivity contribution in [2.24, 2.45) is 0 Å². The average molecular weight is 666 g/mol. The lowest BCUT2D eigenvalue weighted by molar-refractivity contribution is -0.967. The van der Waals surface area contributed by atoms with Crippen LogP contribution in [0.15, 0.2) is 109 Å². The molecule has 0 spiro atoms. The number of hydrogen-bond donors (Lipinski definition) is 4. The molecule has 0 aliphatic rings. The fourth-order valence-electron chi connectivity index (χ4n) is 7.38. The molecule has 0 aliphatic carbocycles. The van der Waals surface area contributed by atoms with E-state index in [0.717, 1.165) is 43.5 Å². The van der Waals surface area contributed by atoms with Crippen molar-refractivity contribution in [2.45, 2.75) is 109 Å². The summed E-state index contributed by atoms with van der Waals surface area (Å²) in [6.45, 7) is 4.50. The number of hydrogen-bond acceptors (Lipinski definition) is 4. The summed E-state index contributed by atoms with van der Waals surface area (Å²) in [4.78, 5) is 0. The Morgan fingerprint density at radius 1 is 0.571 bits per heavy atom. The van der Waals surface area contributed by atoms with Gasteiger partial charge in [0.1, 0.15) is 30.8 Å². The second-order valence-corrected chi connectivity index (χ2v) is 13.9. The first-order valence-corrected chi connectivity index (χ1v) is 18.9. The van der Waals surface area contributed by atoms with Crippen LogP contribution in [0, 0.1) is 0 Å². The number of nitrogens with one attached hydrogen (secondary N) is 1. The van der Waals surface area contributed by atoms with Crippen LogP contribution in [0.3, 0.4) is 0 Å². The van der Waals surface area contributed by atoms with E-state index < -0.39 is 0 Å². The second-order valence-electron chi connectivity index (χ2n) is 13.9. The Morgan fingerprint density at radius 3 is 1.69 bits per heavy atom. The van der Waals surface area contributed by atoms with Crippen LogP contribution in [0.2, 0.25) is 0 Å². The van der Waals surface area contributed by atoms with Gasteiger partial charge in [0, 0.05) is 24.4 Å². The average Bonchev–Trinajstić information content (AvgIpc) is 3.12. The summed E-state index contributed by atoms with van der Waals surface area (Å²) in [5, 5.41) is 36.5. The van der Waals surface area contributed by atoms with Crippen molar-refractivity contribution in [1.29, 1.82) is 0 Å². The molecular formula is C44H61N2O3+. The molecule has 3 unspecified atom stereocenters. The normalized spacial score (nSPS) is 13.9. The molecule has 3 atom stereocenters. The zero-order chi connectivity index (χ0) is 34.6. The van der Waals surface area contributed by atoms with Gasteiger partial charge < -0.3 is 19.8 Å². The predicted molar refractivity (Wildman–Crippen MR) is 204 cm³/mol. The van der Waals surface area contributed by atoms with Gasteiger partial charge in [-0.05, 0) is 48.1 Å². The zero-order valence-electron chi connectivity index (χ0n) is 29.9. The van der Waals surface area contributed by atoms with Crippen molar-refractivity contribution in [2.75, 3.05) is 19.7 Å². The monoisotopic (exact) mass is 665 g/mol. The lowest BCUT2D eigenvalue weighted by atomic mass is 9.96. The highest BCUT2D eigenvalue weighted by molar-refractivity contribution is 5.33. The third-order valence-electron chi connectivity index (χ3n) is 10.2. The summed E-state index contributed by atoms with van der Waals surface area (Å²) in [6, 6.07) is 36.7. The van der Waals surface area contributed by atoms with Gasteiger partial charge in [0.15, 0.2) is 0 Å². The van der Waals surface area contributed by atoms with E-state index in [1.54, 1.807) is 12.1 Å². The van der Waals surface area contributed by atoms with E-state index in [9.17, 15) is 15.3 Å². The largest absolute Gasteiger partial charge is 0.508 e. The number of nitrogens with zero attached hydrogens (tertiary/aromatic N) is 1. The van der Waals surface area contributed by atoms with Crippen molar-refractivity contribution >= 4 is 0 Å². The van der Waals surface area contributed by atoms with Gasteiger partial charge in [-0.25, -0.2) is 0 Å². The highest BCUT2D eigenvalue weighted by Crippen LogP contribution is 2.28. The molecule has 0 aliphatic heterocycles. The highest BCUT2D eigenvalue weighted by Gasteiger charge is 2.38. The molecule has 0 amide bonds. The maximum Gasteiger partial charge on any atom is 0.143 e. The minimum absolute atomic E-state index is 0.0577. The van der Waals surface area contributed by atoms with E-state index in [1.165, 1.54) is 62.5 Å². The molecule has 5 heteroatoms. The van der Waals surface area contributed by atoms with Gasteiger partial charge in [0.2, 0.25) is 0 Å². The van der Waals surface area contributed by atoms with E-state index in [2.05, 4.69) is 72.9 Å². The molecule has 0 saturated carbocycles. The van der Waals surface area contributed by atoms with Crippen molar-refractivity contribution in [1.82, 2.24) is 5.32 Å². The van der Waals surface area contributed by atoms with Gasteiger partial charge in [-0.3, -0.25) is 5.32 Å². The number of aromatic hydroxyl groups is 2. The first-order chi connectivity index (χ1) is 24.0. The van der Waals surface area contributed by atoms with Gasteiger partial charge in [-0.1, -0.05) is 155 Å². The van der Waals surface area contributed by atoms with Crippen molar-refractivity contribution in [3.05, 3.63) is 131 Å². The predicted octanol–water partition coefficient (Wildman–Crippen LogP) is 9.34. The Bertz CT molecular complexity index is 1450. The summed E-state index contributed by atoms with van der Waals surface area (Å²) in [5.74, 6) is 0.659. The molecule has 4 rings (SSSR count). The Kier molecular flexibility index (Phi) is 16.7. The van der Waals surface area contributed by atoms with E-state index in [-0.39, 0.29) is 18.8 Å². The summed E-state index contributed by atoms with van der Waals surface area (Å²) >= 11 is 0. The standard InChI is InChI=1S/C44H60N2O3/c1-2-3-4-5-6-7-8-9-16-29-44(45-41(34-37-21-12-10-13-22-37)35-40-26-18-20-28-43(40)49)46(32-33-47,36-38-23-14-11-15-24-38)31-30-39-25-17-19-27-42(39)48/h10-15,17-28,41,44-45,47H,2-9,16,29-36H2,1H3,(H-,48,49)/p+1. The summed E-state index contributed by atoms with van der Waals surface area (Å²) in [5.41, 5.74) is 4.38. The summed E-state index contributed by atoms with van der Waals surface area (Å²) < 4.78 is 0.665. The van der Waals surface area contributed by atoms with Crippen LogP contribution < -0.4 is 5.32 Å². The van der Waals surface area contributed by atoms with E-state index in [4.69, 9.17) is 0 Å². The molecule has 4 N–H and O–H groups in total. The Morgan fingerprint density at radius 2 is 1.10 bits per heavy atom. The van der Waals surface area contributed by atoms with Crippen LogP contribution in [0.4, 0.5) is 0 Å². The van der Waals surface area contributed by atoms with Gasteiger partial charge >= 0.3 is 0 Å². The van der Waals surface area contributed by atoms with Gasteiger partial charge in [-0.15, -0.1) is 0 Å². The number of rotatable bonds is 24. The van der Waals surface area contributed by atoms with Gasteiger partial charge in [0.25, 0.3) is 0 Å². The topological polar surface area (TPSA) is 72.7 Å². The number of quaternary nitrogens is 1. The Hall–Kier alpha value is -3.64. The molecular weight excluding hydrogens is 604 g/mol. The Balaban J connectivity index is 1.66. The fourth-order valence-corrected chi connectivity index (χ4v) is 7.38. The van der Waals surface area contributed by atoms with Crippen LogP contribution in [0.1, 0.15) is 93.4 Å². The van der Waals surface area contributed by atoms with Gasteiger partial charge in [0.05, 0.1) is 13.2 Å². The van der Waals surface area contributed by atoms with E-state index >= 15 is 0 Å². The first-order valence-electron chi connectivity index (χ1n) is 18.9. The van der Waals surface area contributed by atoms with Crippen molar-refractivity contribution in [3.8, 4) is 11.5 Å². The lowest BCUT2D eigenvalue weighted by Gasteiger charge is -2.47. The molecule has 49 heavy (non-hydrogen) atoms. The number of phenolic OH excluding ortho intramolecular Hbond substituents is 2. The highest BCUT2D eigenvalue weighted by atomic mass is 16.3. The third-order valence-corrected chi connectivity index (χ3v) is 10.2. The number of para-hydroxylation sites is 2. The maximum atomic E-state index is 10.8. The van der Waals surface area contributed by atoms with Gasteiger partial charge in [-0.2, -0.15) is 0 Å². The molecule has 5 nitrogen and oxygen atoms in total. The number of aliphatic hydroxyl groups is 1. The summed E-state index contributed by atoms with van der Waals surface area (Å²) in [7, 11) is 0. The van der Waals surface area contributed by atoms with Crippen molar-refractivity contribution in [3.63, 3.8) is 0 Å². The van der Waals surface area contributed by atoms with Crippen LogP contribution in [-0.4, -0.2) is 51.7 Å². The van der Waals surface area contributed by atoms with Crippen LogP contribution >= 0.6 is 0 Å². The number of benzene rings is 4. The summed E-state index contributed by atoms with van der Waals surface area (Å²) in [6.07, 6.45) is 14.7. The molecule has 264 valence electrons. The molecule has 0 heterocycles. The molecule has 0 fully saturated rings. The van der Waals surface area contributed by atoms with Crippen LogP contribution in [0.25, 0.3) is 0 Å². The molecule has 0 saturated heterocycles. The molecule has 4 aromatic rings.